The molecule has 13 heteroatoms. The fraction of sp³-hybridized carbons (Fsp3) is 1.00. The summed E-state index contributed by atoms with van der Waals surface area (Å²) in [4.78, 5) is 0. The van der Waals surface area contributed by atoms with Gasteiger partial charge in [-0.2, -0.15) is 0 Å². The molecule has 248 valence electrons. The first-order chi connectivity index (χ1) is 20.4. The van der Waals surface area contributed by atoms with Crippen LogP contribution in [0.1, 0.15) is 19.8 Å². The number of hydrogen-bond donors (Lipinski definition) is 1. The normalized spacial score (nSPS) is 11.6. The quantitative estimate of drug-likeness (QED) is 0.101. The molecule has 0 aromatic heterocycles. The van der Waals surface area contributed by atoms with Gasteiger partial charge in [0.15, 0.2) is 0 Å². The molecular formula is C28H59NO12. The third-order valence-corrected chi connectivity index (χ3v) is 5.00. The van der Waals surface area contributed by atoms with E-state index in [4.69, 9.17) is 62.6 Å². The van der Waals surface area contributed by atoms with Crippen LogP contribution < -0.4 is 5.73 Å². The molecule has 0 atom stereocenters. The molecular weight excluding hydrogens is 542 g/mol. The summed E-state index contributed by atoms with van der Waals surface area (Å²) in [5.41, 5.74) is 5.33. The standard InChI is InChI=1S/C28H59NO12/c1-2-3-5-30-7-9-32-11-13-34-15-17-36-19-21-38-23-25-40-27-28-41-26-24-39-22-20-37-18-16-35-14-12-33-10-8-31-6-4-29/h2-29H2,1H3. The Morgan fingerprint density at radius 2 is 0.439 bits per heavy atom. The Morgan fingerprint density at radius 1 is 0.268 bits per heavy atom. The van der Waals surface area contributed by atoms with Crippen LogP contribution in [0.5, 0.6) is 0 Å². The molecule has 0 unspecified atom stereocenters. The number of hydrogen-bond acceptors (Lipinski definition) is 13. The van der Waals surface area contributed by atoms with Gasteiger partial charge in [0, 0.05) is 13.2 Å². The summed E-state index contributed by atoms with van der Waals surface area (Å²) >= 11 is 0. The van der Waals surface area contributed by atoms with Gasteiger partial charge in [-0.3, -0.25) is 0 Å². The highest BCUT2D eigenvalue weighted by molar-refractivity contribution is 4.39. The van der Waals surface area contributed by atoms with Crippen LogP contribution in [0.2, 0.25) is 0 Å². The number of unbranched alkanes of at least 4 members (excludes halogenated alkanes) is 1. The second-order valence-corrected chi connectivity index (χ2v) is 8.49. The van der Waals surface area contributed by atoms with Gasteiger partial charge in [0.2, 0.25) is 0 Å². The average Bonchev–Trinajstić information content (AvgIpc) is 2.98. The molecule has 2 N–H and O–H groups in total. The fourth-order valence-corrected chi connectivity index (χ4v) is 2.85. The Labute approximate surface area is 247 Å². The number of rotatable bonds is 38. The SMILES string of the molecule is CCCCOCCOCCOCCOCCOCCOCCOCCOCCOCCOCCOCCOCCN. The molecule has 0 saturated carbocycles. The molecule has 41 heavy (non-hydrogen) atoms. The molecule has 0 fully saturated rings. The summed E-state index contributed by atoms with van der Waals surface area (Å²) in [6, 6.07) is 0. The molecule has 0 aromatic carbocycles. The van der Waals surface area contributed by atoms with Crippen LogP contribution in [0.3, 0.4) is 0 Å². The van der Waals surface area contributed by atoms with Crippen molar-refractivity contribution in [1.82, 2.24) is 0 Å². The van der Waals surface area contributed by atoms with Crippen LogP contribution in [0.15, 0.2) is 0 Å². The first-order valence-electron chi connectivity index (χ1n) is 15.0. The van der Waals surface area contributed by atoms with Crippen molar-refractivity contribution in [2.24, 2.45) is 5.73 Å². The highest BCUT2D eigenvalue weighted by Crippen LogP contribution is 1.89. The van der Waals surface area contributed by atoms with E-state index in [1.807, 2.05) is 0 Å². The minimum atomic E-state index is 0.516. The maximum absolute atomic E-state index is 5.47. The Balaban J connectivity index is 3.02. The smallest absolute Gasteiger partial charge is 0.0701 e. The van der Waals surface area contributed by atoms with Gasteiger partial charge < -0.3 is 62.6 Å². The molecule has 0 spiro atoms. The largest absolute Gasteiger partial charge is 0.379 e. The second kappa shape index (κ2) is 39.5. The van der Waals surface area contributed by atoms with Crippen molar-refractivity contribution in [3.8, 4) is 0 Å². The van der Waals surface area contributed by atoms with Crippen LogP contribution >= 0.6 is 0 Å². The average molecular weight is 602 g/mol. The maximum Gasteiger partial charge on any atom is 0.0701 e. The fourth-order valence-electron chi connectivity index (χ4n) is 2.85. The molecule has 13 nitrogen and oxygen atoms in total. The van der Waals surface area contributed by atoms with Gasteiger partial charge in [-0.25, -0.2) is 0 Å². The van der Waals surface area contributed by atoms with Crippen LogP contribution in [0, 0.1) is 0 Å². The zero-order valence-electron chi connectivity index (χ0n) is 25.6. The molecule has 0 bridgehead atoms. The van der Waals surface area contributed by atoms with Crippen LogP contribution in [0.25, 0.3) is 0 Å². The molecule has 0 aromatic rings. The zero-order valence-corrected chi connectivity index (χ0v) is 25.6. The van der Waals surface area contributed by atoms with Gasteiger partial charge in [-0.05, 0) is 6.42 Å². The third-order valence-electron chi connectivity index (χ3n) is 5.00. The minimum absolute atomic E-state index is 0.516. The lowest BCUT2D eigenvalue weighted by atomic mass is 10.4. The lowest BCUT2D eigenvalue weighted by Gasteiger charge is -2.09. The number of nitrogens with two attached hydrogens (primary N) is 1. The predicted octanol–water partition coefficient (Wildman–Crippen LogP) is 0.944. The van der Waals surface area contributed by atoms with Crippen molar-refractivity contribution in [3.05, 3.63) is 0 Å². The van der Waals surface area contributed by atoms with E-state index in [-0.39, 0.29) is 0 Å². The molecule has 0 aliphatic rings. The van der Waals surface area contributed by atoms with Crippen molar-refractivity contribution >= 4 is 0 Å². The topological polar surface area (TPSA) is 137 Å². The number of ether oxygens (including phenoxy) is 12. The summed E-state index contributed by atoms with van der Waals surface area (Å²) in [6.45, 7) is 15.9. The molecule has 0 aliphatic carbocycles. The van der Waals surface area contributed by atoms with E-state index in [1.165, 1.54) is 0 Å². The summed E-state index contributed by atoms with van der Waals surface area (Å²) in [7, 11) is 0. The van der Waals surface area contributed by atoms with Gasteiger partial charge in [-0.1, -0.05) is 13.3 Å². The Morgan fingerprint density at radius 3 is 0.610 bits per heavy atom. The van der Waals surface area contributed by atoms with Crippen molar-refractivity contribution in [2.75, 3.05) is 165 Å². The molecule has 0 rings (SSSR count). The summed E-state index contributed by atoms with van der Waals surface area (Å²) in [5, 5.41) is 0. The molecule has 0 saturated heterocycles. The van der Waals surface area contributed by atoms with Gasteiger partial charge >= 0.3 is 0 Å². The molecule has 0 amide bonds. The Bertz CT molecular complexity index is 416. The van der Waals surface area contributed by atoms with Gasteiger partial charge in [0.05, 0.1) is 152 Å². The molecule has 0 heterocycles. The predicted molar refractivity (Wildman–Crippen MR) is 154 cm³/mol. The van der Waals surface area contributed by atoms with E-state index in [1.54, 1.807) is 0 Å². The van der Waals surface area contributed by atoms with E-state index in [0.29, 0.717) is 159 Å². The first-order valence-corrected chi connectivity index (χ1v) is 15.0. The van der Waals surface area contributed by atoms with Crippen LogP contribution in [-0.4, -0.2) is 165 Å². The minimum Gasteiger partial charge on any atom is -0.379 e. The van der Waals surface area contributed by atoms with E-state index in [2.05, 4.69) is 6.92 Å². The maximum atomic E-state index is 5.47. The zero-order chi connectivity index (χ0) is 29.6. The Kier molecular flexibility index (Phi) is 39.0. The highest BCUT2D eigenvalue weighted by Gasteiger charge is 1.96. The van der Waals surface area contributed by atoms with E-state index < -0.39 is 0 Å². The van der Waals surface area contributed by atoms with Gasteiger partial charge in [0.25, 0.3) is 0 Å². The lowest BCUT2D eigenvalue weighted by Crippen LogP contribution is -2.15. The Hall–Kier alpha value is -0.520. The lowest BCUT2D eigenvalue weighted by molar-refractivity contribution is -0.0283. The second-order valence-electron chi connectivity index (χ2n) is 8.49. The summed E-state index contributed by atoms with van der Waals surface area (Å²) in [6.07, 6.45) is 2.24. The molecule has 0 radical (unpaired) electrons. The van der Waals surface area contributed by atoms with E-state index in [9.17, 15) is 0 Å². The monoisotopic (exact) mass is 601 g/mol. The van der Waals surface area contributed by atoms with Gasteiger partial charge in [0.1, 0.15) is 0 Å². The van der Waals surface area contributed by atoms with Crippen molar-refractivity contribution in [2.45, 2.75) is 19.8 Å². The molecule has 0 aliphatic heterocycles. The summed E-state index contributed by atoms with van der Waals surface area (Å²) in [5.74, 6) is 0. The van der Waals surface area contributed by atoms with Gasteiger partial charge in [-0.15, -0.1) is 0 Å². The first kappa shape index (κ1) is 40.5. The highest BCUT2D eigenvalue weighted by atomic mass is 16.6. The van der Waals surface area contributed by atoms with E-state index in [0.717, 1.165) is 19.4 Å². The van der Waals surface area contributed by atoms with E-state index >= 15 is 0 Å². The van der Waals surface area contributed by atoms with Crippen molar-refractivity contribution in [3.63, 3.8) is 0 Å². The summed E-state index contributed by atoms with van der Waals surface area (Å²) < 4.78 is 65.0. The van der Waals surface area contributed by atoms with Crippen LogP contribution in [0.4, 0.5) is 0 Å². The van der Waals surface area contributed by atoms with Crippen molar-refractivity contribution in [1.29, 1.82) is 0 Å². The van der Waals surface area contributed by atoms with Crippen LogP contribution in [-0.2, 0) is 56.8 Å². The van der Waals surface area contributed by atoms with Crippen molar-refractivity contribution < 1.29 is 56.8 Å². The third kappa shape index (κ3) is 39.5.